The molecule has 0 aliphatic rings. The minimum atomic E-state index is -3.75. The van der Waals surface area contributed by atoms with E-state index in [-0.39, 0.29) is 5.69 Å². The van der Waals surface area contributed by atoms with Gasteiger partial charge in [0.05, 0.1) is 5.69 Å². The van der Waals surface area contributed by atoms with E-state index in [2.05, 4.69) is 4.72 Å². The van der Waals surface area contributed by atoms with Crippen molar-refractivity contribution in [2.24, 2.45) is 0 Å². The lowest BCUT2D eigenvalue weighted by atomic mass is 10.3. The number of rotatable bonds is 7. The maximum atomic E-state index is 13.5. The Labute approximate surface area is 113 Å². The maximum Gasteiger partial charge on any atom is 0.301 e. The summed E-state index contributed by atoms with van der Waals surface area (Å²) in [5, 5.41) is 0. The number of hydrogen-bond acceptors (Lipinski definition) is 3. The molecule has 0 saturated heterocycles. The molecule has 5 nitrogen and oxygen atoms in total. The van der Waals surface area contributed by atoms with Crippen molar-refractivity contribution in [2.45, 2.75) is 26.7 Å². The molecule has 108 valence electrons. The average Bonchev–Trinajstić information content (AvgIpc) is 2.33. The number of hydrogen-bond donors (Lipinski definition) is 2. The van der Waals surface area contributed by atoms with Gasteiger partial charge in [0.15, 0.2) is 0 Å². The van der Waals surface area contributed by atoms with Gasteiger partial charge in [0.2, 0.25) is 0 Å². The van der Waals surface area contributed by atoms with Crippen molar-refractivity contribution in [3.05, 3.63) is 24.0 Å². The van der Waals surface area contributed by atoms with E-state index in [4.69, 9.17) is 5.73 Å². The molecule has 0 amide bonds. The molecule has 0 radical (unpaired) electrons. The SMILES string of the molecule is CCCN(CCC)S(=O)(=O)Nc1cc(N)ccc1F. The maximum absolute atomic E-state index is 13.5. The van der Waals surface area contributed by atoms with Crippen molar-refractivity contribution >= 4 is 21.6 Å². The Kier molecular flexibility index (Phi) is 5.56. The molecule has 19 heavy (non-hydrogen) atoms. The average molecular weight is 289 g/mol. The van der Waals surface area contributed by atoms with Crippen molar-refractivity contribution in [3.63, 3.8) is 0 Å². The van der Waals surface area contributed by atoms with E-state index in [0.29, 0.717) is 31.6 Å². The van der Waals surface area contributed by atoms with Crippen LogP contribution in [0.4, 0.5) is 15.8 Å². The molecule has 1 rings (SSSR count). The van der Waals surface area contributed by atoms with Crippen molar-refractivity contribution in [2.75, 3.05) is 23.5 Å². The molecule has 3 N–H and O–H groups in total. The van der Waals surface area contributed by atoms with E-state index in [1.165, 1.54) is 16.4 Å². The second-order valence-corrected chi connectivity index (χ2v) is 5.92. The highest BCUT2D eigenvalue weighted by Crippen LogP contribution is 2.20. The van der Waals surface area contributed by atoms with Crippen LogP contribution in [0, 0.1) is 5.82 Å². The van der Waals surface area contributed by atoms with Crippen LogP contribution in [0.5, 0.6) is 0 Å². The Morgan fingerprint density at radius 1 is 1.26 bits per heavy atom. The van der Waals surface area contributed by atoms with Crippen molar-refractivity contribution in [1.82, 2.24) is 4.31 Å². The highest BCUT2D eigenvalue weighted by molar-refractivity contribution is 7.90. The summed E-state index contributed by atoms with van der Waals surface area (Å²) >= 11 is 0. The minimum Gasteiger partial charge on any atom is -0.399 e. The molecule has 0 atom stereocenters. The van der Waals surface area contributed by atoms with E-state index < -0.39 is 16.0 Å². The highest BCUT2D eigenvalue weighted by Gasteiger charge is 2.21. The van der Waals surface area contributed by atoms with Crippen LogP contribution in [-0.2, 0) is 10.2 Å². The summed E-state index contributed by atoms with van der Waals surface area (Å²) < 4.78 is 41.4. The second-order valence-electron chi connectivity index (χ2n) is 4.25. The predicted molar refractivity (Wildman–Crippen MR) is 75.5 cm³/mol. The summed E-state index contributed by atoms with van der Waals surface area (Å²) in [5.41, 5.74) is 5.70. The number of nitrogens with zero attached hydrogens (tertiary/aromatic N) is 1. The Morgan fingerprint density at radius 3 is 2.37 bits per heavy atom. The normalized spacial score (nSPS) is 11.8. The topological polar surface area (TPSA) is 75.4 Å². The summed E-state index contributed by atoms with van der Waals surface area (Å²) in [6.07, 6.45) is 1.39. The van der Waals surface area contributed by atoms with E-state index in [1.54, 1.807) is 0 Å². The lowest BCUT2D eigenvalue weighted by Gasteiger charge is -2.22. The van der Waals surface area contributed by atoms with Gasteiger partial charge in [0.25, 0.3) is 0 Å². The van der Waals surface area contributed by atoms with Crippen LogP contribution in [0.2, 0.25) is 0 Å². The molecular weight excluding hydrogens is 269 g/mol. The summed E-state index contributed by atoms with van der Waals surface area (Å²) in [7, 11) is -3.75. The van der Waals surface area contributed by atoms with Crippen LogP contribution >= 0.6 is 0 Å². The standard InChI is InChI=1S/C12H20FN3O2S/c1-3-7-16(8-4-2)19(17,18)15-12-9-10(14)5-6-11(12)13/h5-6,9,15H,3-4,7-8,14H2,1-2H3. The lowest BCUT2D eigenvalue weighted by molar-refractivity contribution is 0.413. The monoisotopic (exact) mass is 289 g/mol. The molecule has 0 bridgehead atoms. The van der Waals surface area contributed by atoms with E-state index in [9.17, 15) is 12.8 Å². The molecule has 0 spiro atoms. The summed E-state index contributed by atoms with van der Waals surface area (Å²) in [6.45, 7) is 4.57. The zero-order valence-electron chi connectivity index (χ0n) is 11.2. The number of nitrogen functional groups attached to an aromatic ring is 1. The van der Waals surface area contributed by atoms with Gasteiger partial charge in [0, 0.05) is 18.8 Å². The third-order valence-electron chi connectivity index (χ3n) is 2.52. The third-order valence-corrected chi connectivity index (χ3v) is 4.04. The summed E-state index contributed by atoms with van der Waals surface area (Å²) in [5.74, 6) is -0.647. The van der Waals surface area contributed by atoms with E-state index in [0.717, 1.165) is 6.07 Å². The fourth-order valence-electron chi connectivity index (χ4n) is 1.68. The Morgan fingerprint density at radius 2 is 1.84 bits per heavy atom. The van der Waals surface area contributed by atoms with Crippen LogP contribution in [-0.4, -0.2) is 25.8 Å². The molecule has 0 saturated carbocycles. The minimum absolute atomic E-state index is 0.128. The zero-order chi connectivity index (χ0) is 14.5. The first-order valence-corrected chi connectivity index (χ1v) is 7.67. The van der Waals surface area contributed by atoms with Crippen molar-refractivity contribution < 1.29 is 12.8 Å². The molecule has 0 aromatic heterocycles. The number of anilines is 2. The van der Waals surface area contributed by atoms with E-state index >= 15 is 0 Å². The molecule has 7 heteroatoms. The number of nitrogens with two attached hydrogens (primary N) is 1. The highest BCUT2D eigenvalue weighted by atomic mass is 32.2. The van der Waals surface area contributed by atoms with Gasteiger partial charge >= 0.3 is 10.2 Å². The number of nitrogens with one attached hydrogen (secondary N) is 1. The summed E-state index contributed by atoms with van der Waals surface area (Å²) in [4.78, 5) is 0. The first-order chi connectivity index (χ1) is 8.90. The van der Waals surface area contributed by atoms with Gasteiger partial charge in [0.1, 0.15) is 5.82 Å². The molecule has 0 unspecified atom stereocenters. The van der Waals surface area contributed by atoms with Crippen LogP contribution < -0.4 is 10.5 Å². The molecule has 0 aliphatic heterocycles. The first kappa shape index (κ1) is 15.7. The van der Waals surface area contributed by atoms with Gasteiger partial charge in [-0.25, -0.2) is 4.39 Å². The molecule has 0 heterocycles. The van der Waals surface area contributed by atoms with Gasteiger partial charge in [-0.05, 0) is 31.0 Å². The van der Waals surface area contributed by atoms with E-state index in [1.807, 2.05) is 13.8 Å². The number of halogens is 1. The number of benzene rings is 1. The first-order valence-electron chi connectivity index (χ1n) is 6.23. The zero-order valence-corrected chi connectivity index (χ0v) is 12.0. The smallest absolute Gasteiger partial charge is 0.301 e. The molecule has 0 aliphatic carbocycles. The quantitative estimate of drug-likeness (QED) is 0.755. The summed E-state index contributed by atoms with van der Waals surface area (Å²) in [6, 6.07) is 3.78. The fourth-order valence-corrected chi connectivity index (χ4v) is 3.08. The largest absolute Gasteiger partial charge is 0.399 e. The Bertz CT molecular complexity index is 514. The van der Waals surface area contributed by atoms with Gasteiger partial charge in [-0.2, -0.15) is 12.7 Å². The third kappa shape index (κ3) is 4.36. The predicted octanol–water partition coefficient (Wildman–Crippen LogP) is 2.19. The van der Waals surface area contributed by atoms with Crippen LogP contribution in [0.1, 0.15) is 26.7 Å². The molecule has 1 aromatic carbocycles. The van der Waals surface area contributed by atoms with Gasteiger partial charge in [-0.3, -0.25) is 4.72 Å². The van der Waals surface area contributed by atoms with Crippen molar-refractivity contribution in [1.29, 1.82) is 0 Å². The van der Waals surface area contributed by atoms with Gasteiger partial charge in [-0.1, -0.05) is 13.8 Å². The van der Waals surface area contributed by atoms with Crippen molar-refractivity contribution in [3.8, 4) is 0 Å². The molecular formula is C12H20FN3O2S. The lowest BCUT2D eigenvalue weighted by Crippen LogP contribution is -2.37. The van der Waals surface area contributed by atoms with Gasteiger partial charge in [-0.15, -0.1) is 0 Å². The van der Waals surface area contributed by atoms with Crippen LogP contribution in [0.3, 0.4) is 0 Å². The fraction of sp³-hybridized carbons (Fsp3) is 0.500. The Balaban J connectivity index is 2.96. The second kappa shape index (κ2) is 6.72. The van der Waals surface area contributed by atoms with Crippen LogP contribution in [0.15, 0.2) is 18.2 Å². The Hall–Kier alpha value is -1.34. The van der Waals surface area contributed by atoms with Gasteiger partial charge < -0.3 is 5.73 Å². The van der Waals surface area contributed by atoms with Crippen LogP contribution in [0.25, 0.3) is 0 Å². The molecule has 0 fully saturated rings. The molecule has 1 aromatic rings.